The van der Waals surface area contributed by atoms with Gasteiger partial charge in [-0.3, -0.25) is 0 Å². The molecule has 0 radical (unpaired) electrons. The van der Waals surface area contributed by atoms with Crippen molar-refractivity contribution in [3.63, 3.8) is 0 Å². The molecule has 90 valence electrons. The lowest BCUT2D eigenvalue weighted by Crippen LogP contribution is -2.37. The zero-order valence-electron chi connectivity index (χ0n) is 9.90. The van der Waals surface area contributed by atoms with Crippen LogP contribution < -0.4 is 14.8 Å². The van der Waals surface area contributed by atoms with Crippen LogP contribution in [0, 0.1) is 11.3 Å². The molecule has 0 spiro atoms. The summed E-state index contributed by atoms with van der Waals surface area (Å²) in [6, 6.07) is 7.49. The molecule has 1 N–H and O–H groups in total. The van der Waals surface area contributed by atoms with Gasteiger partial charge in [0.25, 0.3) is 0 Å². The van der Waals surface area contributed by atoms with Crippen LogP contribution in [0.5, 0.6) is 11.5 Å². The highest BCUT2D eigenvalue weighted by Gasteiger charge is 2.18. The molecule has 4 nitrogen and oxygen atoms in total. The Morgan fingerprint density at radius 2 is 2.35 bits per heavy atom. The summed E-state index contributed by atoms with van der Waals surface area (Å²) >= 11 is 0. The number of methoxy groups -OCH3 is 1. The smallest absolute Gasteiger partial charge is 0.179 e. The zero-order chi connectivity index (χ0) is 12.1. The first kappa shape index (κ1) is 11.7. The van der Waals surface area contributed by atoms with E-state index in [1.807, 2.05) is 6.07 Å². The van der Waals surface area contributed by atoms with E-state index in [1.54, 1.807) is 19.2 Å². The van der Waals surface area contributed by atoms with Gasteiger partial charge in [-0.15, -0.1) is 0 Å². The monoisotopic (exact) mass is 232 g/mol. The molecule has 1 atom stereocenters. The van der Waals surface area contributed by atoms with E-state index in [9.17, 15) is 0 Å². The van der Waals surface area contributed by atoms with E-state index in [0.717, 1.165) is 25.9 Å². The van der Waals surface area contributed by atoms with Gasteiger partial charge in [0, 0.05) is 6.54 Å². The Bertz CT molecular complexity index is 420. The molecule has 4 heteroatoms. The van der Waals surface area contributed by atoms with E-state index < -0.39 is 0 Å². The van der Waals surface area contributed by atoms with Crippen molar-refractivity contribution in [3.8, 4) is 17.6 Å². The third kappa shape index (κ3) is 2.69. The Morgan fingerprint density at radius 1 is 1.47 bits per heavy atom. The topological polar surface area (TPSA) is 54.3 Å². The van der Waals surface area contributed by atoms with Crippen molar-refractivity contribution in [2.45, 2.75) is 18.9 Å². The van der Waals surface area contributed by atoms with E-state index in [0.29, 0.717) is 17.1 Å². The van der Waals surface area contributed by atoms with Crippen LogP contribution in [0.4, 0.5) is 0 Å². The van der Waals surface area contributed by atoms with E-state index in [2.05, 4.69) is 11.4 Å². The molecule has 1 fully saturated rings. The van der Waals surface area contributed by atoms with Gasteiger partial charge in [-0.1, -0.05) is 6.07 Å². The maximum absolute atomic E-state index is 9.07. The van der Waals surface area contributed by atoms with E-state index in [4.69, 9.17) is 14.7 Å². The number of rotatable bonds is 3. The minimum atomic E-state index is 0.118. The first-order valence-corrected chi connectivity index (χ1v) is 5.79. The highest BCUT2D eigenvalue weighted by molar-refractivity contribution is 5.52. The summed E-state index contributed by atoms with van der Waals surface area (Å²) in [5.41, 5.74) is 0.523. The van der Waals surface area contributed by atoms with Crippen molar-refractivity contribution in [2.75, 3.05) is 20.2 Å². The van der Waals surface area contributed by atoms with Crippen molar-refractivity contribution in [3.05, 3.63) is 23.8 Å². The second-order valence-corrected chi connectivity index (χ2v) is 4.03. The predicted molar refractivity (Wildman–Crippen MR) is 64.2 cm³/mol. The summed E-state index contributed by atoms with van der Waals surface area (Å²) in [5, 5.41) is 12.3. The number of nitrogens with zero attached hydrogens (tertiary/aromatic N) is 1. The third-order valence-corrected chi connectivity index (χ3v) is 2.86. The maximum atomic E-state index is 9.07. The summed E-state index contributed by atoms with van der Waals surface area (Å²) in [6.07, 6.45) is 2.23. The van der Waals surface area contributed by atoms with E-state index in [-0.39, 0.29) is 6.10 Å². The predicted octanol–water partition coefficient (Wildman–Crippen LogP) is 1.70. The number of para-hydroxylation sites is 1. The molecule has 0 bridgehead atoms. The fourth-order valence-corrected chi connectivity index (χ4v) is 1.97. The second-order valence-electron chi connectivity index (χ2n) is 4.03. The number of ether oxygens (including phenoxy) is 2. The Morgan fingerprint density at radius 3 is 3.00 bits per heavy atom. The first-order chi connectivity index (χ1) is 8.35. The lowest BCUT2D eigenvalue weighted by Gasteiger charge is -2.25. The molecule has 1 unspecified atom stereocenters. The van der Waals surface area contributed by atoms with Gasteiger partial charge in [0.15, 0.2) is 11.5 Å². The van der Waals surface area contributed by atoms with Crippen LogP contribution in [-0.2, 0) is 0 Å². The largest absolute Gasteiger partial charge is 0.493 e. The quantitative estimate of drug-likeness (QED) is 0.861. The second kappa shape index (κ2) is 5.55. The van der Waals surface area contributed by atoms with Gasteiger partial charge in [0.1, 0.15) is 12.2 Å². The van der Waals surface area contributed by atoms with Crippen LogP contribution in [0.25, 0.3) is 0 Å². The summed E-state index contributed by atoms with van der Waals surface area (Å²) in [4.78, 5) is 0. The van der Waals surface area contributed by atoms with Gasteiger partial charge >= 0.3 is 0 Å². The molecular formula is C13H16N2O2. The minimum absolute atomic E-state index is 0.118. The molecule has 0 saturated carbocycles. The third-order valence-electron chi connectivity index (χ3n) is 2.86. The van der Waals surface area contributed by atoms with Crippen LogP contribution >= 0.6 is 0 Å². The molecule has 1 aromatic carbocycles. The van der Waals surface area contributed by atoms with Crippen molar-refractivity contribution in [1.29, 1.82) is 5.26 Å². The van der Waals surface area contributed by atoms with Crippen molar-refractivity contribution >= 4 is 0 Å². The van der Waals surface area contributed by atoms with Gasteiger partial charge < -0.3 is 14.8 Å². The minimum Gasteiger partial charge on any atom is -0.493 e. The van der Waals surface area contributed by atoms with Gasteiger partial charge in [-0.05, 0) is 31.5 Å². The molecule has 0 amide bonds. The number of nitrogens with one attached hydrogen (secondary N) is 1. The van der Waals surface area contributed by atoms with Crippen LogP contribution in [0.15, 0.2) is 18.2 Å². The highest BCUT2D eigenvalue weighted by Crippen LogP contribution is 2.32. The van der Waals surface area contributed by atoms with Crippen molar-refractivity contribution in [1.82, 2.24) is 5.32 Å². The molecule has 1 saturated heterocycles. The summed E-state index contributed by atoms with van der Waals surface area (Å²) in [7, 11) is 1.59. The van der Waals surface area contributed by atoms with Gasteiger partial charge in [0.05, 0.1) is 12.7 Å². The lowest BCUT2D eigenvalue weighted by molar-refractivity contribution is 0.160. The van der Waals surface area contributed by atoms with Crippen LogP contribution in [0.3, 0.4) is 0 Å². The molecule has 1 aliphatic rings. The van der Waals surface area contributed by atoms with Gasteiger partial charge in [0.2, 0.25) is 0 Å². The Hall–Kier alpha value is -1.73. The molecule has 1 aliphatic heterocycles. The van der Waals surface area contributed by atoms with Gasteiger partial charge in [-0.25, -0.2) is 0 Å². The molecule has 17 heavy (non-hydrogen) atoms. The molecular weight excluding hydrogens is 216 g/mol. The molecule has 1 aromatic rings. The number of nitriles is 1. The summed E-state index contributed by atoms with van der Waals surface area (Å²) in [5.74, 6) is 1.18. The maximum Gasteiger partial charge on any atom is 0.179 e. The number of benzene rings is 1. The first-order valence-electron chi connectivity index (χ1n) is 5.79. The number of hydrogen-bond donors (Lipinski definition) is 1. The SMILES string of the molecule is COc1cccc(C#N)c1OC1CCCNC1. The van der Waals surface area contributed by atoms with Crippen LogP contribution in [-0.4, -0.2) is 26.3 Å². The molecule has 0 aliphatic carbocycles. The Kier molecular flexibility index (Phi) is 3.84. The zero-order valence-corrected chi connectivity index (χ0v) is 9.90. The Labute approximate surface area is 101 Å². The van der Waals surface area contributed by atoms with E-state index >= 15 is 0 Å². The molecule has 2 rings (SSSR count). The normalized spacial score (nSPS) is 19.4. The van der Waals surface area contributed by atoms with E-state index in [1.165, 1.54) is 0 Å². The number of piperidine rings is 1. The molecule has 0 aromatic heterocycles. The highest BCUT2D eigenvalue weighted by atomic mass is 16.5. The summed E-state index contributed by atoms with van der Waals surface area (Å²) < 4.78 is 11.1. The average Bonchev–Trinajstić information content (AvgIpc) is 2.40. The Balaban J connectivity index is 2.20. The average molecular weight is 232 g/mol. The number of hydrogen-bond acceptors (Lipinski definition) is 4. The summed E-state index contributed by atoms with van der Waals surface area (Å²) in [6.45, 7) is 1.86. The van der Waals surface area contributed by atoms with Crippen molar-refractivity contribution < 1.29 is 9.47 Å². The fourth-order valence-electron chi connectivity index (χ4n) is 1.97. The fraction of sp³-hybridized carbons (Fsp3) is 0.462. The van der Waals surface area contributed by atoms with Crippen molar-refractivity contribution in [2.24, 2.45) is 0 Å². The van der Waals surface area contributed by atoms with Gasteiger partial charge in [-0.2, -0.15) is 5.26 Å². The van der Waals surface area contributed by atoms with Crippen LogP contribution in [0.2, 0.25) is 0 Å². The lowest BCUT2D eigenvalue weighted by atomic mass is 10.1. The standard InChI is InChI=1S/C13H16N2O2/c1-16-12-6-2-4-10(8-14)13(12)17-11-5-3-7-15-9-11/h2,4,6,11,15H,3,5,7,9H2,1H3. The molecule has 1 heterocycles. The van der Waals surface area contributed by atoms with Crippen LogP contribution in [0.1, 0.15) is 18.4 Å².